The number of nitrogens with two attached hydrogens (primary N) is 1. The van der Waals surface area contributed by atoms with Gasteiger partial charge in [-0.3, -0.25) is 0 Å². The summed E-state index contributed by atoms with van der Waals surface area (Å²) in [6.07, 6.45) is 0.941. The molecule has 104 valence electrons. The van der Waals surface area contributed by atoms with Gasteiger partial charge in [-0.15, -0.1) is 0 Å². The van der Waals surface area contributed by atoms with Crippen molar-refractivity contribution in [2.45, 2.75) is 12.3 Å². The number of fused-ring (bicyclic) bond motifs is 1. The molecule has 3 heteroatoms. The lowest BCUT2D eigenvalue weighted by molar-refractivity contribution is 0.171. The number of ether oxygens (including phenoxy) is 2. The maximum Gasteiger partial charge on any atom is 0.161 e. The average molecular weight is 269 g/mol. The van der Waals surface area contributed by atoms with E-state index in [0.29, 0.717) is 25.7 Å². The number of hydrogen-bond acceptors (Lipinski definition) is 3. The largest absolute Gasteiger partial charge is 0.486 e. The molecule has 0 saturated heterocycles. The molecule has 2 aromatic carbocycles. The maximum absolute atomic E-state index is 5.96. The van der Waals surface area contributed by atoms with Gasteiger partial charge >= 0.3 is 0 Å². The quantitative estimate of drug-likeness (QED) is 0.928. The summed E-state index contributed by atoms with van der Waals surface area (Å²) in [7, 11) is 0. The van der Waals surface area contributed by atoms with Gasteiger partial charge in [-0.25, -0.2) is 0 Å². The van der Waals surface area contributed by atoms with Gasteiger partial charge in [0.05, 0.1) is 0 Å². The molecular weight excluding hydrogens is 250 g/mol. The molecule has 1 aliphatic rings. The molecule has 0 amide bonds. The predicted octanol–water partition coefficient (Wildman–Crippen LogP) is 2.74. The lowest BCUT2D eigenvalue weighted by Crippen LogP contribution is -2.18. The van der Waals surface area contributed by atoms with Gasteiger partial charge in [-0.2, -0.15) is 0 Å². The Hall–Kier alpha value is -2.00. The number of benzene rings is 2. The minimum absolute atomic E-state index is 0.299. The van der Waals surface area contributed by atoms with Crippen LogP contribution < -0.4 is 15.2 Å². The Morgan fingerprint density at radius 2 is 1.70 bits per heavy atom. The molecule has 20 heavy (non-hydrogen) atoms. The predicted molar refractivity (Wildman–Crippen MR) is 79.4 cm³/mol. The molecule has 1 atom stereocenters. The molecule has 1 heterocycles. The minimum atomic E-state index is 0.299. The third-order valence-corrected chi connectivity index (χ3v) is 3.65. The highest BCUT2D eigenvalue weighted by molar-refractivity contribution is 5.45. The van der Waals surface area contributed by atoms with E-state index in [4.69, 9.17) is 15.2 Å². The van der Waals surface area contributed by atoms with Gasteiger partial charge in [0, 0.05) is 5.92 Å². The van der Waals surface area contributed by atoms with E-state index < -0.39 is 0 Å². The fourth-order valence-electron chi connectivity index (χ4n) is 2.55. The van der Waals surface area contributed by atoms with E-state index in [9.17, 15) is 0 Å². The van der Waals surface area contributed by atoms with E-state index in [1.54, 1.807) is 0 Å². The van der Waals surface area contributed by atoms with Crippen LogP contribution in [0.25, 0.3) is 0 Å². The average Bonchev–Trinajstić information content (AvgIpc) is 2.53. The van der Waals surface area contributed by atoms with Crippen LogP contribution in [0.15, 0.2) is 48.5 Å². The van der Waals surface area contributed by atoms with E-state index in [-0.39, 0.29) is 0 Å². The van der Waals surface area contributed by atoms with Crippen molar-refractivity contribution < 1.29 is 9.47 Å². The van der Waals surface area contributed by atoms with Crippen molar-refractivity contribution in [2.24, 2.45) is 5.73 Å². The molecule has 0 bridgehead atoms. The van der Waals surface area contributed by atoms with Gasteiger partial charge in [0.25, 0.3) is 0 Å². The van der Waals surface area contributed by atoms with Crippen LogP contribution in [0.3, 0.4) is 0 Å². The van der Waals surface area contributed by atoms with Crippen LogP contribution in [-0.4, -0.2) is 19.8 Å². The van der Waals surface area contributed by atoms with Crippen molar-refractivity contribution in [1.29, 1.82) is 0 Å². The molecule has 0 aliphatic carbocycles. The van der Waals surface area contributed by atoms with Crippen LogP contribution in [0.5, 0.6) is 11.5 Å². The number of hydrogen-bond donors (Lipinski definition) is 1. The fraction of sp³-hybridized carbons (Fsp3) is 0.294. The monoisotopic (exact) mass is 269 g/mol. The van der Waals surface area contributed by atoms with E-state index in [2.05, 4.69) is 36.4 Å². The second-order valence-electron chi connectivity index (χ2n) is 5.03. The van der Waals surface area contributed by atoms with Crippen LogP contribution in [0.4, 0.5) is 0 Å². The van der Waals surface area contributed by atoms with Crippen molar-refractivity contribution in [3.8, 4) is 11.5 Å². The summed E-state index contributed by atoms with van der Waals surface area (Å²) in [5.41, 5.74) is 8.47. The van der Waals surface area contributed by atoms with Crippen molar-refractivity contribution in [3.05, 3.63) is 59.7 Å². The zero-order chi connectivity index (χ0) is 13.8. The van der Waals surface area contributed by atoms with Crippen LogP contribution >= 0.6 is 0 Å². The van der Waals surface area contributed by atoms with Gasteiger partial charge in [-0.05, 0) is 36.2 Å². The highest BCUT2D eigenvalue weighted by atomic mass is 16.6. The zero-order valence-electron chi connectivity index (χ0n) is 11.4. The molecule has 0 aromatic heterocycles. The van der Waals surface area contributed by atoms with Gasteiger partial charge in [0.15, 0.2) is 11.5 Å². The molecule has 3 rings (SSSR count). The Kier molecular flexibility index (Phi) is 3.88. The van der Waals surface area contributed by atoms with Crippen molar-refractivity contribution >= 4 is 0 Å². The molecule has 1 aliphatic heterocycles. The fourth-order valence-corrected chi connectivity index (χ4v) is 2.55. The second kappa shape index (κ2) is 5.97. The maximum atomic E-state index is 5.96. The van der Waals surface area contributed by atoms with Crippen LogP contribution in [0, 0.1) is 0 Å². The summed E-state index contributed by atoms with van der Waals surface area (Å²) in [5.74, 6) is 1.96. The molecule has 2 aromatic rings. The summed E-state index contributed by atoms with van der Waals surface area (Å²) in [6, 6.07) is 16.6. The van der Waals surface area contributed by atoms with Crippen molar-refractivity contribution in [2.75, 3.05) is 19.8 Å². The van der Waals surface area contributed by atoms with E-state index in [1.807, 2.05) is 12.1 Å². The van der Waals surface area contributed by atoms with Gasteiger partial charge in [0.1, 0.15) is 13.2 Å². The summed E-state index contributed by atoms with van der Waals surface area (Å²) >= 11 is 0. The standard InChI is InChI=1S/C17H19NO2/c18-12-15(10-13-4-2-1-3-5-13)14-6-7-16-17(11-14)20-9-8-19-16/h1-7,11,15H,8-10,12,18H2. The molecule has 0 fully saturated rings. The lowest BCUT2D eigenvalue weighted by Gasteiger charge is -2.21. The Balaban J connectivity index is 1.82. The Morgan fingerprint density at radius 3 is 2.45 bits per heavy atom. The molecule has 3 nitrogen and oxygen atoms in total. The van der Waals surface area contributed by atoms with Crippen molar-refractivity contribution in [3.63, 3.8) is 0 Å². The molecular formula is C17H19NO2. The Bertz CT molecular complexity index is 568. The van der Waals surface area contributed by atoms with Crippen LogP contribution in [0.1, 0.15) is 17.0 Å². The van der Waals surface area contributed by atoms with Crippen LogP contribution in [-0.2, 0) is 6.42 Å². The normalized spacial score (nSPS) is 14.8. The zero-order valence-corrected chi connectivity index (χ0v) is 11.4. The van der Waals surface area contributed by atoms with Gasteiger partial charge in [-0.1, -0.05) is 36.4 Å². The Labute approximate surface area is 119 Å². The highest BCUT2D eigenvalue weighted by Crippen LogP contribution is 2.33. The summed E-state index contributed by atoms with van der Waals surface area (Å²) in [4.78, 5) is 0. The van der Waals surface area contributed by atoms with Crippen molar-refractivity contribution in [1.82, 2.24) is 0 Å². The SMILES string of the molecule is NCC(Cc1ccccc1)c1ccc2c(c1)OCCO2. The highest BCUT2D eigenvalue weighted by Gasteiger charge is 2.16. The summed E-state index contributed by atoms with van der Waals surface area (Å²) in [6.45, 7) is 1.85. The first-order valence-electron chi connectivity index (χ1n) is 7.00. The first kappa shape index (κ1) is 13.0. The Morgan fingerprint density at radius 1 is 0.950 bits per heavy atom. The first-order chi connectivity index (χ1) is 9.86. The molecule has 0 radical (unpaired) electrons. The summed E-state index contributed by atoms with van der Waals surface area (Å²) in [5, 5.41) is 0. The topological polar surface area (TPSA) is 44.5 Å². The van der Waals surface area contributed by atoms with Gasteiger partial charge in [0.2, 0.25) is 0 Å². The third kappa shape index (κ3) is 2.78. The third-order valence-electron chi connectivity index (χ3n) is 3.65. The molecule has 0 saturated carbocycles. The van der Waals surface area contributed by atoms with E-state index in [0.717, 1.165) is 17.9 Å². The summed E-state index contributed by atoms with van der Waals surface area (Å²) < 4.78 is 11.2. The van der Waals surface area contributed by atoms with E-state index >= 15 is 0 Å². The van der Waals surface area contributed by atoms with Gasteiger partial charge < -0.3 is 15.2 Å². The molecule has 2 N–H and O–H groups in total. The number of rotatable bonds is 4. The first-order valence-corrected chi connectivity index (χ1v) is 7.00. The lowest BCUT2D eigenvalue weighted by atomic mass is 9.92. The molecule has 1 unspecified atom stereocenters. The van der Waals surface area contributed by atoms with E-state index in [1.165, 1.54) is 11.1 Å². The minimum Gasteiger partial charge on any atom is -0.486 e. The van der Waals surface area contributed by atoms with Crippen LogP contribution in [0.2, 0.25) is 0 Å². The molecule has 0 spiro atoms. The second-order valence-corrected chi connectivity index (χ2v) is 5.03. The smallest absolute Gasteiger partial charge is 0.161 e.